The number of amides is 1. The first-order valence-corrected chi connectivity index (χ1v) is 7.54. The van der Waals surface area contributed by atoms with Crippen LogP contribution >= 0.6 is 0 Å². The second kappa shape index (κ2) is 8.44. The van der Waals surface area contributed by atoms with Crippen LogP contribution in [0.5, 0.6) is 0 Å². The maximum atomic E-state index is 12.6. The molecule has 1 aromatic rings. The lowest BCUT2D eigenvalue weighted by atomic mass is 10.1. The smallest absolute Gasteiger partial charge is 0.326 e. The Hall–Kier alpha value is -2.41. The Morgan fingerprint density at radius 2 is 1.71 bits per heavy atom. The molecule has 0 fully saturated rings. The molecule has 0 aliphatic carbocycles. The molecule has 7 heteroatoms. The van der Waals surface area contributed by atoms with Crippen LogP contribution in [-0.4, -0.2) is 43.1 Å². The Morgan fingerprint density at radius 1 is 1.12 bits per heavy atom. The van der Waals surface area contributed by atoms with Crippen LogP contribution in [0, 0.1) is 0 Å². The number of anilines is 1. The summed E-state index contributed by atoms with van der Waals surface area (Å²) in [5.74, 6) is -1.72. The van der Waals surface area contributed by atoms with Crippen molar-refractivity contribution in [2.24, 2.45) is 5.73 Å². The van der Waals surface area contributed by atoms with Crippen LogP contribution in [0.25, 0.3) is 0 Å². The van der Waals surface area contributed by atoms with Crippen molar-refractivity contribution in [3.05, 3.63) is 30.3 Å². The van der Waals surface area contributed by atoms with Gasteiger partial charge >= 0.3 is 11.9 Å². The monoisotopic (exact) mass is 336 g/mol. The highest BCUT2D eigenvalue weighted by Gasteiger charge is 2.28. The summed E-state index contributed by atoms with van der Waals surface area (Å²) in [7, 11) is 1.22. The van der Waals surface area contributed by atoms with Crippen molar-refractivity contribution < 1.29 is 23.9 Å². The number of nitrogens with two attached hydrogens (primary N) is 1. The van der Waals surface area contributed by atoms with Crippen molar-refractivity contribution >= 4 is 23.5 Å². The first-order valence-electron chi connectivity index (χ1n) is 7.54. The van der Waals surface area contributed by atoms with Gasteiger partial charge in [-0.1, -0.05) is 18.2 Å². The third-order valence-corrected chi connectivity index (χ3v) is 2.97. The van der Waals surface area contributed by atoms with E-state index in [1.807, 2.05) is 0 Å². The molecule has 0 saturated carbocycles. The van der Waals surface area contributed by atoms with E-state index in [0.717, 1.165) is 0 Å². The Kier molecular flexibility index (Phi) is 6.91. The van der Waals surface area contributed by atoms with Crippen LogP contribution in [0.1, 0.15) is 27.2 Å². The van der Waals surface area contributed by atoms with E-state index in [1.54, 1.807) is 51.1 Å². The van der Waals surface area contributed by atoms with Crippen molar-refractivity contribution in [2.75, 3.05) is 18.6 Å². The summed E-state index contributed by atoms with van der Waals surface area (Å²) in [5.41, 5.74) is 5.61. The van der Waals surface area contributed by atoms with Gasteiger partial charge in [-0.25, -0.2) is 0 Å². The van der Waals surface area contributed by atoms with Gasteiger partial charge in [0.05, 0.1) is 19.6 Å². The molecule has 0 aromatic heterocycles. The fourth-order valence-electron chi connectivity index (χ4n) is 1.96. The lowest BCUT2D eigenvalue weighted by molar-refractivity contribution is -0.153. The first kappa shape index (κ1) is 19.6. The van der Waals surface area contributed by atoms with Crippen LogP contribution in [0.15, 0.2) is 30.3 Å². The van der Waals surface area contributed by atoms with Gasteiger partial charge in [0.15, 0.2) is 0 Å². The fourth-order valence-corrected chi connectivity index (χ4v) is 1.96. The van der Waals surface area contributed by atoms with Crippen molar-refractivity contribution in [3.63, 3.8) is 0 Å². The summed E-state index contributed by atoms with van der Waals surface area (Å²) in [5, 5.41) is 0. The average Bonchev–Trinajstić information content (AvgIpc) is 2.50. The minimum atomic E-state index is -1.11. The molecule has 0 radical (unpaired) electrons. The maximum absolute atomic E-state index is 12.6. The molecule has 2 N–H and O–H groups in total. The molecular weight excluding hydrogens is 312 g/mol. The molecule has 0 aliphatic heterocycles. The zero-order valence-electron chi connectivity index (χ0n) is 14.4. The number of nitrogens with zero attached hydrogens (tertiary/aromatic N) is 1. The van der Waals surface area contributed by atoms with Gasteiger partial charge in [-0.2, -0.15) is 0 Å². The van der Waals surface area contributed by atoms with E-state index in [0.29, 0.717) is 5.69 Å². The first-order chi connectivity index (χ1) is 11.1. The standard InChI is InChI=1S/C17H24N2O5/c1-17(2,3)24-15(21)11-19(12-8-6-5-7-9-12)16(22)13(18)10-14(20)23-4/h5-9,13H,10-11,18H2,1-4H3/t13-/m0/s1. The quantitative estimate of drug-likeness (QED) is 0.785. The summed E-state index contributed by atoms with van der Waals surface area (Å²) in [6.07, 6.45) is -0.271. The fraction of sp³-hybridized carbons (Fsp3) is 0.471. The Labute approximate surface area is 141 Å². The van der Waals surface area contributed by atoms with E-state index in [9.17, 15) is 14.4 Å². The Bertz CT molecular complexity index is 580. The number of carbonyl (C=O) groups is 3. The van der Waals surface area contributed by atoms with Gasteiger partial charge in [-0.3, -0.25) is 19.3 Å². The second-order valence-corrected chi connectivity index (χ2v) is 6.23. The number of ether oxygens (including phenoxy) is 2. The van der Waals surface area contributed by atoms with Crippen LogP contribution < -0.4 is 10.6 Å². The van der Waals surface area contributed by atoms with Gasteiger partial charge in [0.1, 0.15) is 12.1 Å². The van der Waals surface area contributed by atoms with E-state index in [2.05, 4.69) is 4.74 Å². The zero-order valence-corrected chi connectivity index (χ0v) is 14.4. The van der Waals surface area contributed by atoms with Gasteiger partial charge in [0.25, 0.3) is 0 Å². The number of hydrogen-bond donors (Lipinski definition) is 1. The van der Waals surface area contributed by atoms with Crippen LogP contribution in [0.3, 0.4) is 0 Å². The second-order valence-electron chi connectivity index (χ2n) is 6.23. The minimum Gasteiger partial charge on any atom is -0.469 e. The topological polar surface area (TPSA) is 98.9 Å². The molecule has 0 unspecified atom stereocenters. The zero-order chi connectivity index (χ0) is 18.3. The molecule has 0 bridgehead atoms. The SMILES string of the molecule is COC(=O)C[C@H](N)C(=O)N(CC(=O)OC(C)(C)C)c1ccccc1. The van der Waals surface area contributed by atoms with Crippen LogP contribution in [-0.2, 0) is 23.9 Å². The number of benzene rings is 1. The minimum absolute atomic E-state index is 0.271. The molecule has 0 aliphatic rings. The maximum Gasteiger partial charge on any atom is 0.326 e. The van der Waals surface area contributed by atoms with Crippen molar-refractivity contribution in [1.29, 1.82) is 0 Å². The summed E-state index contributed by atoms with van der Waals surface area (Å²) in [6.45, 7) is 4.92. The van der Waals surface area contributed by atoms with E-state index in [4.69, 9.17) is 10.5 Å². The van der Waals surface area contributed by atoms with E-state index >= 15 is 0 Å². The normalized spacial score (nSPS) is 12.2. The van der Waals surface area contributed by atoms with Crippen LogP contribution in [0.2, 0.25) is 0 Å². The highest BCUT2D eigenvalue weighted by Crippen LogP contribution is 2.16. The van der Waals surface area contributed by atoms with Gasteiger partial charge in [0, 0.05) is 5.69 Å². The number of carbonyl (C=O) groups excluding carboxylic acids is 3. The number of rotatable bonds is 6. The average molecular weight is 336 g/mol. The Balaban J connectivity index is 2.96. The molecule has 1 aromatic carbocycles. The lowest BCUT2D eigenvalue weighted by Gasteiger charge is -2.27. The van der Waals surface area contributed by atoms with Gasteiger partial charge in [0.2, 0.25) is 5.91 Å². The van der Waals surface area contributed by atoms with Gasteiger partial charge < -0.3 is 15.2 Å². The third kappa shape index (κ3) is 6.37. The van der Waals surface area contributed by atoms with E-state index in [1.165, 1.54) is 12.0 Å². The number of methoxy groups -OCH3 is 1. The molecule has 0 saturated heterocycles. The molecule has 1 amide bonds. The van der Waals surface area contributed by atoms with Gasteiger partial charge in [-0.15, -0.1) is 0 Å². The number of esters is 2. The van der Waals surface area contributed by atoms with E-state index in [-0.39, 0.29) is 13.0 Å². The van der Waals surface area contributed by atoms with Crippen molar-refractivity contribution in [2.45, 2.75) is 38.8 Å². The largest absolute Gasteiger partial charge is 0.469 e. The number of para-hydroxylation sites is 1. The third-order valence-electron chi connectivity index (χ3n) is 2.97. The summed E-state index contributed by atoms with van der Waals surface area (Å²) in [4.78, 5) is 37.2. The lowest BCUT2D eigenvalue weighted by Crippen LogP contribution is -2.48. The van der Waals surface area contributed by atoms with Crippen molar-refractivity contribution in [1.82, 2.24) is 0 Å². The summed E-state index contributed by atoms with van der Waals surface area (Å²) >= 11 is 0. The summed E-state index contributed by atoms with van der Waals surface area (Å²) < 4.78 is 9.78. The van der Waals surface area contributed by atoms with Crippen molar-refractivity contribution in [3.8, 4) is 0 Å². The predicted octanol–water partition coefficient (Wildman–Crippen LogP) is 1.25. The molecule has 7 nitrogen and oxygen atoms in total. The Morgan fingerprint density at radius 3 is 2.21 bits per heavy atom. The van der Waals surface area contributed by atoms with Crippen LogP contribution in [0.4, 0.5) is 5.69 Å². The molecule has 0 heterocycles. The molecule has 0 spiro atoms. The molecule has 24 heavy (non-hydrogen) atoms. The molecular formula is C17H24N2O5. The van der Waals surface area contributed by atoms with Gasteiger partial charge in [-0.05, 0) is 32.9 Å². The predicted molar refractivity (Wildman–Crippen MR) is 89.2 cm³/mol. The summed E-state index contributed by atoms with van der Waals surface area (Å²) in [6, 6.07) is 7.49. The molecule has 132 valence electrons. The highest BCUT2D eigenvalue weighted by molar-refractivity contribution is 6.02. The molecule has 1 atom stereocenters. The highest BCUT2D eigenvalue weighted by atomic mass is 16.6. The van der Waals surface area contributed by atoms with E-state index < -0.39 is 29.5 Å². The molecule has 1 rings (SSSR count). The number of hydrogen-bond acceptors (Lipinski definition) is 6.